The lowest BCUT2D eigenvalue weighted by molar-refractivity contribution is 0.332. The molecule has 0 fully saturated rings. The van der Waals surface area contributed by atoms with Gasteiger partial charge in [-0.25, -0.2) is 0 Å². The molecule has 0 radical (unpaired) electrons. The van der Waals surface area contributed by atoms with E-state index in [2.05, 4.69) is 63.3 Å². The van der Waals surface area contributed by atoms with Gasteiger partial charge in [-0.2, -0.15) is 0 Å². The van der Waals surface area contributed by atoms with Crippen molar-refractivity contribution >= 4 is 27.2 Å². The van der Waals surface area contributed by atoms with E-state index in [9.17, 15) is 0 Å². The van der Waals surface area contributed by atoms with Gasteiger partial charge in [0, 0.05) is 40.8 Å². The summed E-state index contributed by atoms with van der Waals surface area (Å²) in [6, 6.07) is 17.0. The van der Waals surface area contributed by atoms with Crippen LogP contribution in [0.5, 0.6) is 23.0 Å². The first kappa shape index (κ1) is 22.7. The fourth-order valence-corrected chi connectivity index (χ4v) is 5.40. The average molecular weight is 522 g/mol. The van der Waals surface area contributed by atoms with Crippen LogP contribution in [0.4, 0.5) is 0 Å². The molecule has 0 atom stereocenters. The fraction of sp³-hybridized carbons (Fsp3) is 0.286. The van der Waals surface area contributed by atoms with Crippen molar-refractivity contribution in [3.05, 3.63) is 80.8 Å². The molecular weight excluding hydrogens is 494 g/mol. The third-order valence-electron chi connectivity index (χ3n) is 6.73. The number of nitrogens with zero attached hydrogens (tertiary/aromatic N) is 1. The van der Waals surface area contributed by atoms with Crippen LogP contribution in [-0.4, -0.2) is 39.9 Å². The minimum absolute atomic E-state index is 0.747. The first-order valence-corrected chi connectivity index (χ1v) is 12.1. The molecule has 0 N–H and O–H groups in total. The van der Waals surface area contributed by atoms with Gasteiger partial charge in [0.1, 0.15) is 0 Å². The Morgan fingerprint density at radius 3 is 2.18 bits per heavy atom. The van der Waals surface area contributed by atoms with Gasteiger partial charge in [-0.15, -0.1) is 0 Å². The third-order valence-corrected chi connectivity index (χ3v) is 7.26. The molecule has 3 aromatic carbocycles. The number of hydrogen-bond donors (Lipinski definition) is 0. The molecule has 6 heteroatoms. The van der Waals surface area contributed by atoms with Crippen LogP contribution in [0.15, 0.2) is 53.0 Å². The monoisotopic (exact) mass is 521 g/mol. The molecule has 0 saturated carbocycles. The summed E-state index contributed by atoms with van der Waals surface area (Å²) in [5.41, 5.74) is 8.64. The van der Waals surface area contributed by atoms with Crippen molar-refractivity contribution in [2.75, 3.05) is 35.0 Å². The van der Waals surface area contributed by atoms with Crippen molar-refractivity contribution in [1.29, 1.82) is 0 Å². The standard InChI is InChI=1S/C28H28BrNO4/c1-31-24-10-9-20-22(13-17-5-7-19(29)8-6-17)27-21-15-26(33-3)25(32-2)14-18(21)11-12-30(27)16-23(20)28(24)34-4/h5-10,14-15H,11-13,16H2,1-4H3. The van der Waals surface area contributed by atoms with Crippen LogP contribution in [0.1, 0.15) is 27.8 Å². The molecule has 0 unspecified atom stereocenters. The van der Waals surface area contributed by atoms with Gasteiger partial charge in [0.25, 0.3) is 0 Å². The van der Waals surface area contributed by atoms with Gasteiger partial charge in [-0.1, -0.05) is 34.1 Å². The summed E-state index contributed by atoms with van der Waals surface area (Å²) in [5.74, 6) is 3.09. The van der Waals surface area contributed by atoms with Crippen molar-refractivity contribution in [3.8, 4) is 23.0 Å². The van der Waals surface area contributed by atoms with E-state index >= 15 is 0 Å². The molecule has 0 bridgehead atoms. The molecule has 34 heavy (non-hydrogen) atoms. The number of allylic oxidation sites excluding steroid dienone is 1. The Hall–Kier alpha value is -3.12. The molecule has 0 aromatic heterocycles. The molecule has 0 saturated heterocycles. The van der Waals surface area contributed by atoms with E-state index in [1.54, 1.807) is 28.4 Å². The minimum Gasteiger partial charge on any atom is -0.493 e. The Balaban J connectivity index is 1.77. The number of benzene rings is 3. The van der Waals surface area contributed by atoms with Crippen LogP contribution >= 0.6 is 15.9 Å². The summed E-state index contributed by atoms with van der Waals surface area (Å²) >= 11 is 3.56. The SMILES string of the molecule is COc1cc2c(cc1OC)C1=C(Cc3ccc(Br)cc3)c3ccc(OC)c(OC)c3CN1CC2. The smallest absolute Gasteiger partial charge is 0.166 e. The summed E-state index contributed by atoms with van der Waals surface area (Å²) in [6.45, 7) is 1.68. The van der Waals surface area contributed by atoms with Gasteiger partial charge in [0.05, 0.1) is 28.4 Å². The van der Waals surface area contributed by atoms with E-state index in [0.717, 1.165) is 53.4 Å². The zero-order valence-corrected chi connectivity index (χ0v) is 21.5. The quantitative estimate of drug-likeness (QED) is 0.399. The van der Waals surface area contributed by atoms with Crippen LogP contribution < -0.4 is 18.9 Å². The molecule has 0 spiro atoms. The molecule has 5 rings (SSSR count). The highest BCUT2D eigenvalue weighted by Crippen LogP contribution is 2.48. The first-order chi connectivity index (χ1) is 16.6. The molecule has 3 aromatic rings. The average Bonchev–Trinajstić information content (AvgIpc) is 2.87. The van der Waals surface area contributed by atoms with E-state index < -0.39 is 0 Å². The van der Waals surface area contributed by atoms with Crippen molar-refractivity contribution in [2.24, 2.45) is 0 Å². The van der Waals surface area contributed by atoms with Crippen LogP contribution in [0.2, 0.25) is 0 Å². The minimum atomic E-state index is 0.747. The number of halogens is 1. The van der Waals surface area contributed by atoms with Gasteiger partial charge < -0.3 is 23.8 Å². The van der Waals surface area contributed by atoms with E-state index in [0.29, 0.717) is 0 Å². The molecule has 2 heterocycles. The topological polar surface area (TPSA) is 40.2 Å². The molecule has 176 valence electrons. The molecule has 0 aliphatic carbocycles. The lowest BCUT2D eigenvalue weighted by Gasteiger charge is -2.40. The Kier molecular flexibility index (Phi) is 6.17. The number of methoxy groups -OCH3 is 4. The van der Waals surface area contributed by atoms with Crippen LogP contribution in [0.3, 0.4) is 0 Å². The van der Waals surface area contributed by atoms with Crippen molar-refractivity contribution in [1.82, 2.24) is 4.90 Å². The summed E-state index contributed by atoms with van der Waals surface area (Å²) in [6.07, 6.45) is 1.74. The number of fused-ring (bicyclic) bond motifs is 4. The second-order valence-corrected chi connectivity index (χ2v) is 9.41. The highest BCUT2D eigenvalue weighted by atomic mass is 79.9. The highest BCUT2D eigenvalue weighted by Gasteiger charge is 2.33. The zero-order chi connectivity index (χ0) is 23.8. The van der Waals surface area contributed by atoms with Gasteiger partial charge in [0.15, 0.2) is 23.0 Å². The van der Waals surface area contributed by atoms with Crippen molar-refractivity contribution in [2.45, 2.75) is 19.4 Å². The summed E-state index contributed by atoms with van der Waals surface area (Å²) in [5, 5.41) is 0. The van der Waals surface area contributed by atoms with Gasteiger partial charge in [0.2, 0.25) is 0 Å². The number of hydrogen-bond acceptors (Lipinski definition) is 5. The molecule has 2 aliphatic rings. The van der Waals surface area contributed by atoms with Crippen molar-refractivity contribution < 1.29 is 18.9 Å². The Morgan fingerprint density at radius 1 is 0.794 bits per heavy atom. The van der Waals surface area contributed by atoms with E-state index in [1.807, 2.05) is 6.07 Å². The second-order valence-electron chi connectivity index (χ2n) is 8.49. The van der Waals surface area contributed by atoms with E-state index in [-0.39, 0.29) is 0 Å². The highest BCUT2D eigenvalue weighted by molar-refractivity contribution is 9.10. The Bertz CT molecular complexity index is 1270. The first-order valence-electron chi connectivity index (χ1n) is 11.3. The summed E-state index contributed by atoms with van der Waals surface area (Å²) in [7, 11) is 6.78. The molecule has 0 amide bonds. The van der Waals surface area contributed by atoms with Crippen LogP contribution in [0.25, 0.3) is 11.3 Å². The number of rotatable bonds is 6. The maximum Gasteiger partial charge on any atom is 0.166 e. The number of ether oxygens (including phenoxy) is 4. The zero-order valence-electron chi connectivity index (χ0n) is 19.9. The fourth-order valence-electron chi connectivity index (χ4n) is 5.13. The van der Waals surface area contributed by atoms with E-state index in [4.69, 9.17) is 18.9 Å². The molecule has 2 aliphatic heterocycles. The maximum atomic E-state index is 5.85. The van der Waals surface area contributed by atoms with Gasteiger partial charge in [-0.3, -0.25) is 0 Å². The Labute approximate surface area is 209 Å². The van der Waals surface area contributed by atoms with Crippen LogP contribution in [-0.2, 0) is 19.4 Å². The normalized spacial score (nSPS) is 14.2. The van der Waals surface area contributed by atoms with E-state index in [1.165, 1.54) is 39.1 Å². The maximum absolute atomic E-state index is 5.85. The van der Waals surface area contributed by atoms with Gasteiger partial charge in [-0.05, 0) is 59.0 Å². The van der Waals surface area contributed by atoms with Crippen LogP contribution in [0, 0.1) is 0 Å². The summed E-state index contributed by atoms with van der Waals surface area (Å²) in [4.78, 5) is 2.47. The predicted octanol–water partition coefficient (Wildman–Crippen LogP) is 5.97. The lowest BCUT2D eigenvalue weighted by Crippen LogP contribution is -2.33. The summed E-state index contributed by atoms with van der Waals surface area (Å²) < 4.78 is 23.8. The Morgan fingerprint density at radius 2 is 1.50 bits per heavy atom. The molecular formula is C28H28BrNO4. The van der Waals surface area contributed by atoms with Gasteiger partial charge >= 0.3 is 0 Å². The third kappa shape index (κ3) is 3.80. The van der Waals surface area contributed by atoms with Crippen molar-refractivity contribution in [3.63, 3.8) is 0 Å². The second kappa shape index (κ2) is 9.26. The lowest BCUT2D eigenvalue weighted by atomic mass is 9.83. The largest absolute Gasteiger partial charge is 0.493 e. The molecule has 5 nitrogen and oxygen atoms in total. The predicted molar refractivity (Wildman–Crippen MR) is 138 cm³/mol.